The van der Waals surface area contributed by atoms with Gasteiger partial charge in [-0.25, -0.2) is 0 Å². The SMILES string of the molecule is C=CCN(CCCN(C)C)CC(C)O. The summed E-state index contributed by atoms with van der Waals surface area (Å²) < 4.78 is 0. The fourth-order valence-corrected chi connectivity index (χ4v) is 1.42. The summed E-state index contributed by atoms with van der Waals surface area (Å²) in [6.07, 6.45) is 2.76. The third-order valence-electron chi connectivity index (χ3n) is 1.99. The van der Waals surface area contributed by atoms with Crippen molar-refractivity contribution in [3.8, 4) is 0 Å². The zero-order chi connectivity index (χ0) is 11.0. The van der Waals surface area contributed by atoms with Crippen LogP contribution in [-0.2, 0) is 0 Å². The Balaban J connectivity index is 3.66. The van der Waals surface area contributed by atoms with E-state index in [1.807, 2.05) is 13.0 Å². The van der Waals surface area contributed by atoms with Crippen molar-refractivity contribution in [1.29, 1.82) is 0 Å². The molecule has 0 rings (SSSR count). The number of hydrogen-bond donors (Lipinski definition) is 1. The van der Waals surface area contributed by atoms with Gasteiger partial charge in [-0.05, 0) is 40.5 Å². The highest BCUT2D eigenvalue weighted by atomic mass is 16.3. The average Bonchev–Trinajstić information content (AvgIpc) is 2.02. The lowest BCUT2D eigenvalue weighted by atomic mass is 10.3. The Morgan fingerprint density at radius 1 is 1.36 bits per heavy atom. The molecular weight excluding hydrogens is 176 g/mol. The molecule has 0 aliphatic rings. The molecule has 0 saturated carbocycles. The van der Waals surface area contributed by atoms with Gasteiger partial charge in [0.05, 0.1) is 6.10 Å². The minimum absolute atomic E-state index is 0.255. The molecule has 1 N–H and O–H groups in total. The lowest BCUT2D eigenvalue weighted by molar-refractivity contribution is 0.131. The molecule has 0 spiro atoms. The highest BCUT2D eigenvalue weighted by molar-refractivity contribution is 4.74. The van der Waals surface area contributed by atoms with E-state index in [1.54, 1.807) is 0 Å². The summed E-state index contributed by atoms with van der Waals surface area (Å²) >= 11 is 0. The molecule has 0 heterocycles. The van der Waals surface area contributed by atoms with Crippen molar-refractivity contribution in [2.24, 2.45) is 0 Å². The molecule has 1 unspecified atom stereocenters. The molecule has 0 bridgehead atoms. The van der Waals surface area contributed by atoms with Crippen molar-refractivity contribution in [3.63, 3.8) is 0 Å². The molecule has 0 aromatic heterocycles. The van der Waals surface area contributed by atoms with Crippen LogP contribution >= 0.6 is 0 Å². The standard InChI is InChI=1S/C11H24N2O/c1-5-7-13(10-11(2)14)9-6-8-12(3)4/h5,11,14H,1,6-10H2,2-4H3. The van der Waals surface area contributed by atoms with Crippen molar-refractivity contribution < 1.29 is 5.11 Å². The van der Waals surface area contributed by atoms with E-state index in [4.69, 9.17) is 0 Å². The van der Waals surface area contributed by atoms with E-state index in [2.05, 4.69) is 30.5 Å². The van der Waals surface area contributed by atoms with E-state index in [0.29, 0.717) is 0 Å². The van der Waals surface area contributed by atoms with Crippen molar-refractivity contribution in [2.45, 2.75) is 19.4 Å². The second-order valence-electron chi connectivity index (χ2n) is 4.05. The van der Waals surface area contributed by atoms with Crippen molar-refractivity contribution in [3.05, 3.63) is 12.7 Å². The Morgan fingerprint density at radius 3 is 2.43 bits per heavy atom. The molecule has 3 nitrogen and oxygen atoms in total. The van der Waals surface area contributed by atoms with Gasteiger partial charge in [-0.3, -0.25) is 4.90 Å². The summed E-state index contributed by atoms with van der Waals surface area (Å²) in [7, 11) is 4.15. The predicted octanol–water partition coefficient (Wildman–Crippen LogP) is 0.807. The minimum atomic E-state index is -0.255. The first-order valence-corrected chi connectivity index (χ1v) is 5.22. The molecule has 0 saturated heterocycles. The van der Waals surface area contributed by atoms with Crippen molar-refractivity contribution in [1.82, 2.24) is 9.80 Å². The lowest BCUT2D eigenvalue weighted by Crippen LogP contribution is -2.33. The second kappa shape index (κ2) is 7.97. The first-order chi connectivity index (χ1) is 6.56. The van der Waals surface area contributed by atoms with Crippen LogP contribution in [0, 0.1) is 0 Å². The normalized spacial score (nSPS) is 13.6. The summed E-state index contributed by atoms with van der Waals surface area (Å²) in [5, 5.41) is 9.27. The van der Waals surface area contributed by atoms with Crippen LogP contribution in [0.25, 0.3) is 0 Å². The second-order valence-corrected chi connectivity index (χ2v) is 4.05. The van der Waals surface area contributed by atoms with Crippen LogP contribution in [0.1, 0.15) is 13.3 Å². The fraction of sp³-hybridized carbons (Fsp3) is 0.818. The molecule has 0 aromatic rings. The van der Waals surface area contributed by atoms with Gasteiger partial charge in [0.15, 0.2) is 0 Å². The number of nitrogens with zero attached hydrogens (tertiary/aromatic N) is 2. The van der Waals surface area contributed by atoms with Gasteiger partial charge in [-0.1, -0.05) is 6.08 Å². The fourth-order valence-electron chi connectivity index (χ4n) is 1.42. The maximum Gasteiger partial charge on any atom is 0.0639 e. The monoisotopic (exact) mass is 200 g/mol. The maximum atomic E-state index is 9.27. The molecule has 84 valence electrons. The molecular formula is C11H24N2O. The first kappa shape index (κ1) is 13.6. The number of aliphatic hydroxyl groups is 1. The Kier molecular flexibility index (Phi) is 7.76. The van der Waals surface area contributed by atoms with Gasteiger partial charge in [0, 0.05) is 13.1 Å². The van der Waals surface area contributed by atoms with Gasteiger partial charge in [0.25, 0.3) is 0 Å². The summed E-state index contributed by atoms with van der Waals surface area (Å²) in [4.78, 5) is 4.40. The average molecular weight is 200 g/mol. The van der Waals surface area contributed by atoms with E-state index in [-0.39, 0.29) is 6.10 Å². The molecule has 1 atom stereocenters. The third-order valence-corrected chi connectivity index (χ3v) is 1.99. The predicted molar refractivity (Wildman–Crippen MR) is 61.5 cm³/mol. The lowest BCUT2D eigenvalue weighted by Gasteiger charge is -2.22. The molecule has 0 radical (unpaired) electrons. The van der Waals surface area contributed by atoms with Gasteiger partial charge in [-0.2, -0.15) is 0 Å². The van der Waals surface area contributed by atoms with E-state index in [0.717, 1.165) is 32.6 Å². The topological polar surface area (TPSA) is 26.7 Å². The summed E-state index contributed by atoms with van der Waals surface area (Å²) in [5.74, 6) is 0. The quantitative estimate of drug-likeness (QED) is 0.587. The van der Waals surface area contributed by atoms with Crippen molar-refractivity contribution in [2.75, 3.05) is 40.3 Å². The Hall–Kier alpha value is -0.380. The number of hydrogen-bond acceptors (Lipinski definition) is 3. The van der Waals surface area contributed by atoms with Crippen LogP contribution in [0.4, 0.5) is 0 Å². The summed E-state index contributed by atoms with van der Waals surface area (Å²) in [6, 6.07) is 0. The Morgan fingerprint density at radius 2 is 2.00 bits per heavy atom. The molecule has 14 heavy (non-hydrogen) atoms. The van der Waals surface area contributed by atoms with Crippen LogP contribution in [-0.4, -0.2) is 61.3 Å². The molecule has 0 aliphatic carbocycles. The molecule has 0 aromatic carbocycles. The Labute approximate surface area is 88.0 Å². The molecule has 3 heteroatoms. The van der Waals surface area contributed by atoms with Crippen LogP contribution in [0.3, 0.4) is 0 Å². The Bertz CT molecular complexity index is 146. The van der Waals surface area contributed by atoms with E-state index >= 15 is 0 Å². The highest BCUT2D eigenvalue weighted by Crippen LogP contribution is 1.95. The zero-order valence-corrected chi connectivity index (χ0v) is 9.74. The van der Waals surface area contributed by atoms with Crippen LogP contribution in [0.15, 0.2) is 12.7 Å². The highest BCUT2D eigenvalue weighted by Gasteiger charge is 2.05. The third kappa shape index (κ3) is 8.23. The summed E-state index contributed by atoms with van der Waals surface area (Å²) in [5.41, 5.74) is 0. The van der Waals surface area contributed by atoms with Crippen LogP contribution in [0.2, 0.25) is 0 Å². The molecule has 0 aliphatic heterocycles. The van der Waals surface area contributed by atoms with Crippen molar-refractivity contribution >= 4 is 0 Å². The zero-order valence-electron chi connectivity index (χ0n) is 9.74. The molecule has 0 fully saturated rings. The van der Waals surface area contributed by atoms with E-state index in [9.17, 15) is 5.11 Å². The number of aliphatic hydroxyl groups excluding tert-OH is 1. The van der Waals surface area contributed by atoms with Gasteiger partial charge >= 0.3 is 0 Å². The van der Waals surface area contributed by atoms with Crippen LogP contribution in [0.5, 0.6) is 0 Å². The largest absolute Gasteiger partial charge is 0.392 e. The molecule has 0 amide bonds. The maximum absolute atomic E-state index is 9.27. The van der Waals surface area contributed by atoms with Gasteiger partial charge < -0.3 is 10.0 Å². The van der Waals surface area contributed by atoms with E-state index < -0.39 is 0 Å². The van der Waals surface area contributed by atoms with Gasteiger partial charge in [0.1, 0.15) is 0 Å². The van der Waals surface area contributed by atoms with Gasteiger partial charge in [0.2, 0.25) is 0 Å². The summed E-state index contributed by atoms with van der Waals surface area (Å²) in [6.45, 7) is 9.25. The van der Waals surface area contributed by atoms with Gasteiger partial charge in [-0.15, -0.1) is 6.58 Å². The van der Waals surface area contributed by atoms with E-state index in [1.165, 1.54) is 0 Å². The number of rotatable bonds is 8. The first-order valence-electron chi connectivity index (χ1n) is 5.22. The van der Waals surface area contributed by atoms with Crippen LogP contribution < -0.4 is 0 Å². The smallest absolute Gasteiger partial charge is 0.0639 e. The minimum Gasteiger partial charge on any atom is -0.392 e.